The van der Waals surface area contributed by atoms with Crippen molar-refractivity contribution in [3.05, 3.63) is 87.7 Å². The molecule has 0 radical (unpaired) electrons. The molecule has 10 nitrogen and oxygen atoms in total. The van der Waals surface area contributed by atoms with Gasteiger partial charge in [0.2, 0.25) is 5.95 Å². The highest BCUT2D eigenvalue weighted by Gasteiger charge is 2.20. The van der Waals surface area contributed by atoms with Crippen LogP contribution in [-0.4, -0.2) is 67.8 Å². The van der Waals surface area contributed by atoms with E-state index in [2.05, 4.69) is 59.3 Å². The Kier molecular flexibility index (Phi) is 6.82. The molecule has 1 aliphatic rings. The van der Waals surface area contributed by atoms with Gasteiger partial charge in [0.1, 0.15) is 22.6 Å². The third kappa shape index (κ3) is 5.01. The van der Waals surface area contributed by atoms with E-state index in [0.717, 1.165) is 36.5 Å². The lowest BCUT2D eigenvalue weighted by molar-refractivity contribution is 0.313. The lowest BCUT2D eigenvalue weighted by Gasteiger charge is -2.34. The standard InChI is InChI=1S/C27H23Cl2N9O/c1-36-11-13-37(14-12-36)18-7-5-17(6-8-18)33-27-32-15-19-23(34-27)24(22-16-30-9-10-31-22)35-38(26(19)39)25-20(28)3-2-4-21(25)29/h2-10,15-16H,11-14H2,1H3,(H,32,33,34). The van der Waals surface area contributed by atoms with Gasteiger partial charge in [-0.15, -0.1) is 0 Å². The number of piperazine rings is 1. The summed E-state index contributed by atoms with van der Waals surface area (Å²) in [6, 6.07) is 13.1. The summed E-state index contributed by atoms with van der Waals surface area (Å²) in [5, 5.41) is 8.61. The lowest BCUT2D eigenvalue weighted by atomic mass is 10.2. The van der Waals surface area contributed by atoms with E-state index in [-0.39, 0.29) is 21.1 Å². The molecule has 0 spiro atoms. The van der Waals surface area contributed by atoms with Crippen molar-refractivity contribution in [2.45, 2.75) is 0 Å². The Hall–Kier alpha value is -4.12. The van der Waals surface area contributed by atoms with Crippen LogP contribution in [0.2, 0.25) is 10.0 Å². The molecule has 39 heavy (non-hydrogen) atoms. The minimum Gasteiger partial charge on any atom is -0.369 e. The van der Waals surface area contributed by atoms with Gasteiger partial charge in [-0.25, -0.2) is 9.97 Å². The molecule has 1 N–H and O–H groups in total. The summed E-state index contributed by atoms with van der Waals surface area (Å²) in [7, 11) is 2.14. The van der Waals surface area contributed by atoms with Crippen molar-refractivity contribution < 1.29 is 0 Å². The van der Waals surface area contributed by atoms with Gasteiger partial charge in [-0.3, -0.25) is 14.8 Å². The Morgan fingerprint density at radius 2 is 1.64 bits per heavy atom. The van der Waals surface area contributed by atoms with Crippen LogP contribution in [0.4, 0.5) is 17.3 Å². The summed E-state index contributed by atoms with van der Waals surface area (Å²) in [4.78, 5) is 35.8. The summed E-state index contributed by atoms with van der Waals surface area (Å²) in [6.45, 7) is 4.06. The Morgan fingerprint density at radius 3 is 2.33 bits per heavy atom. The van der Waals surface area contributed by atoms with E-state index in [1.54, 1.807) is 36.8 Å². The second-order valence-electron chi connectivity index (χ2n) is 9.14. The third-order valence-electron chi connectivity index (χ3n) is 6.58. The molecule has 0 atom stereocenters. The number of halogens is 2. The highest BCUT2D eigenvalue weighted by Crippen LogP contribution is 2.29. The molecule has 0 unspecified atom stereocenters. The number of rotatable bonds is 5. The quantitative estimate of drug-likeness (QED) is 0.334. The van der Waals surface area contributed by atoms with E-state index in [1.807, 2.05) is 12.1 Å². The van der Waals surface area contributed by atoms with Crippen molar-refractivity contribution in [1.82, 2.24) is 34.6 Å². The number of nitrogens with zero attached hydrogens (tertiary/aromatic N) is 8. The van der Waals surface area contributed by atoms with Crippen LogP contribution in [0, 0.1) is 0 Å². The van der Waals surface area contributed by atoms with Crippen LogP contribution in [0.25, 0.3) is 28.0 Å². The maximum absolute atomic E-state index is 13.5. The highest BCUT2D eigenvalue weighted by molar-refractivity contribution is 6.37. The molecule has 12 heteroatoms. The predicted octanol–water partition coefficient (Wildman–Crippen LogP) is 4.43. The Balaban J connectivity index is 1.40. The average molecular weight is 560 g/mol. The van der Waals surface area contributed by atoms with Gasteiger partial charge in [0.05, 0.1) is 21.6 Å². The fourth-order valence-corrected chi connectivity index (χ4v) is 5.03. The van der Waals surface area contributed by atoms with Crippen LogP contribution in [0.15, 0.2) is 72.0 Å². The van der Waals surface area contributed by atoms with Gasteiger partial charge in [-0.05, 0) is 43.4 Å². The van der Waals surface area contributed by atoms with Crippen molar-refractivity contribution >= 4 is 51.4 Å². The topological polar surface area (TPSA) is 105 Å². The van der Waals surface area contributed by atoms with Crippen LogP contribution in [0.5, 0.6) is 0 Å². The molecule has 0 aliphatic carbocycles. The second-order valence-corrected chi connectivity index (χ2v) is 9.96. The van der Waals surface area contributed by atoms with Crippen LogP contribution in [0.3, 0.4) is 0 Å². The molecule has 1 fully saturated rings. The van der Waals surface area contributed by atoms with Gasteiger partial charge in [-0.2, -0.15) is 9.78 Å². The van der Waals surface area contributed by atoms with Gasteiger partial charge in [-0.1, -0.05) is 29.3 Å². The number of para-hydroxylation sites is 1. The number of anilines is 3. The van der Waals surface area contributed by atoms with Gasteiger partial charge >= 0.3 is 0 Å². The normalized spacial score (nSPS) is 14.1. The zero-order chi connectivity index (χ0) is 26.9. The van der Waals surface area contributed by atoms with Crippen LogP contribution >= 0.6 is 23.2 Å². The predicted molar refractivity (Wildman–Crippen MR) is 153 cm³/mol. The van der Waals surface area contributed by atoms with Crippen LogP contribution in [-0.2, 0) is 0 Å². The molecule has 0 saturated carbocycles. The number of fused-ring (bicyclic) bond motifs is 1. The van der Waals surface area contributed by atoms with E-state index in [4.69, 9.17) is 23.2 Å². The summed E-state index contributed by atoms with van der Waals surface area (Å²) >= 11 is 12.8. The SMILES string of the molecule is CN1CCN(c2ccc(Nc3ncc4c(=O)n(-c5c(Cl)cccc5Cl)nc(-c5cnccn5)c4n3)cc2)CC1. The van der Waals surface area contributed by atoms with Crippen molar-refractivity contribution in [3.63, 3.8) is 0 Å². The fourth-order valence-electron chi connectivity index (χ4n) is 4.47. The number of likely N-dealkylation sites (N-methyl/N-ethyl adjacent to an activating group) is 1. The summed E-state index contributed by atoms with van der Waals surface area (Å²) in [5.74, 6) is 0.315. The number of benzene rings is 2. The highest BCUT2D eigenvalue weighted by atomic mass is 35.5. The van der Waals surface area contributed by atoms with Crippen molar-refractivity contribution in [1.29, 1.82) is 0 Å². The minimum absolute atomic E-state index is 0.234. The smallest absolute Gasteiger partial charge is 0.282 e. The van der Waals surface area contributed by atoms with Crippen LogP contribution in [0.1, 0.15) is 0 Å². The average Bonchev–Trinajstić information content (AvgIpc) is 2.95. The second kappa shape index (κ2) is 10.6. The molecule has 5 aromatic rings. The Bertz CT molecular complexity index is 1680. The largest absolute Gasteiger partial charge is 0.369 e. The Morgan fingerprint density at radius 1 is 0.897 bits per heavy atom. The molecule has 2 aromatic carbocycles. The maximum Gasteiger partial charge on any atom is 0.282 e. The first-order valence-corrected chi connectivity index (χ1v) is 13.0. The number of hydrogen-bond acceptors (Lipinski definition) is 9. The number of hydrogen-bond donors (Lipinski definition) is 1. The summed E-state index contributed by atoms with van der Waals surface area (Å²) in [6.07, 6.45) is 6.12. The molecule has 0 bridgehead atoms. The Labute approximate surface area is 233 Å². The van der Waals surface area contributed by atoms with Gasteiger partial charge in [0, 0.05) is 56.1 Å². The molecular weight excluding hydrogens is 537 g/mol. The van der Waals surface area contributed by atoms with Crippen molar-refractivity contribution in [2.75, 3.05) is 43.4 Å². The van der Waals surface area contributed by atoms with Crippen LogP contribution < -0.4 is 15.8 Å². The maximum atomic E-state index is 13.5. The first-order chi connectivity index (χ1) is 19.0. The van der Waals surface area contributed by atoms with Gasteiger partial charge in [0.25, 0.3) is 5.56 Å². The van der Waals surface area contributed by atoms with E-state index in [0.29, 0.717) is 22.9 Å². The molecule has 1 saturated heterocycles. The van der Waals surface area contributed by atoms with E-state index >= 15 is 0 Å². The van der Waals surface area contributed by atoms with Gasteiger partial charge < -0.3 is 15.1 Å². The first kappa shape index (κ1) is 25.2. The fraction of sp³-hybridized carbons (Fsp3) is 0.185. The molecule has 196 valence electrons. The zero-order valence-corrected chi connectivity index (χ0v) is 22.4. The molecule has 3 aromatic heterocycles. The monoisotopic (exact) mass is 559 g/mol. The van der Waals surface area contributed by atoms with E-state index < -0.39 is 5.56 Å². The molecule has 1 aliphatic heterocycles. The number of nitrogens with one attached hydrogen (secondary N) is 1. The first-order valence-electron chi connectivity index (χ1n) is 12.3. The molecule has 0 amide bonds. The summed E-state index contributed by atoms with van der Waals surface area (Å²) < 4.78 is 1.16. The van der Waals surface area contributed by atoms with Gasteiger partial charge in [0.15, 0.2) is 0 Å². The molecular formula is C27H23Cl2N9O. The van der Waals surface area contributed by atoms with Crippen molar-refractivity contribution in [2.24, 2.45) is 0 Å². The van der Waals surface area contributed by atoms with E-state index in [1.165, 1.54) is 11.9 Å². The minimum atomic E-state index is -0.462. The number of aromatic nitrogens is 6. The molecule has 6 rings (SSSR count). The summed E-state index contributed by atoms with van der Waals surface area (Å²) in [5.41, 5.74) is 2.88. The van der Waals surface area contributed by atoms with E-state index in [9.17, 15) is 4.79 Å². The molecule has 4 heterocycles. The lowest BCUT2D eigenvalue weighted by Crippen LogP contribution is -2.44. The van der Waals surface area contributed by atoms with Crippen molar-refractivity contribution in [3.8, 4) is 17.1 Å². The third-order valence-corrected chi connectivity index (χ3v) is 7.19. The zero-order valence-electron chi connectivity index (χ0n) is 20.9.